The molecule has 2 heteroatoms. The van der Waals surface area contributed by atoms with Crippen molar-refractivity contribution in [3.05, 3.63) is 65.9 Å². The van der Waals surface area contributed by atoms with Crippen molar-refractivity contribution in [2.45, 2.75) is 12.8 Å². The number of hydrogen-bond donors (Lipinski definition) is 0. The van der Waals surface area contributed by atoms with Gasteiger partial charge in [0, 0.05) is 17.5 Å². The minimum atomic E-state index is 0.259. The van der Waals surface area contributed by atoms with E-state index in [4.69, 9.17) is 0 Å². The highest BCUT2D eigenvalue weighted by Crippen LogP contribution is 2.35. The zero-order chi connectivity index (χ0) is 12.8. The van der Waals surface area contributed by atoms with Gasteiger partial charge in [-0.25, -0.2) is 0 Å². The van der Waals surface area contributed by atoms with Gasteiger partial charge >= 0.3 is 0 Å². The molecule has 0 fully saturated rings. The van der Waals surface area contributed by atoms with Crippen LogP contribution in [0.5, 0.6) is 0 Å². The molecule has 1 aromatic heterocycles. The molecular weight excluding hydrogens is 234 g/mol. The van der Waals surface area contributed by atoms with Gasteiger partial charge in [0.2, 0.25) is 0 Å². The Morgan fingerprint density at radius 2 is 1.58 bits per heavy atom. The third kappa shape index (κ3) is 1.40. The molecule has 0 unspecified atom stereocenters. The quantitative estimate of drug-likeness (QED) is 0.641. The number of benzene rings is 2. The first-order chi connectivity index (χ1) is 9.36. The normalized spacial score (nSPS) is 14.0. The Bertz CT molecular complexity index is 784. The van der Waals surface area contributed by atoms with Gasteiger partial charge in [-0.1, -0.05) is 36.4 Å². The molecule has 0 radical (unpaired) electrons. The minimum absolute atomic E-state index is 0.259. The van der Waals surface area contributed by atoms with Gasteiger partial charge in [-0.05, 0) is 30.2 Å². The van der Waals surface area contributed by atoms with E-state index in [1.807, 2.05) is 30.3 Å². The second-order valence-electron chi connectivity index (χ2n) is 4.94. The summed E-state index contributed by atoms with van der Waals surface area (Å²) >= 11 is 0. The fourth-order valence-electron chi connectivity index (χ4n) is 3.06. The summed E-state index contributed by atoms with van der Waals surface area (Å²) in [6.07, 6.45) is 1.51. The fraction of sp³-hybridized carbons (Fsp3) is 0.118. The Labute approximate surface area is 111 Å². The number of rotatable bonds is 1. The van der Waals surface area contributed by atoms with Gasteiger partial charge in [-0.15, -0.1) is 0 Å². The standard InChI is InChI=1S/C17H13NO/c19-16-11-10-14-13-8-4-5-9-15(13)18(17(14)16)12-6-2-1-3-7-12/h1-9H,10-11H2. The summed E-state index contributed by atoms with van der Waals surface area (Å²) in [6.45, 7) is 0. The van der Waals surface area contributed by atoms with E-state index in [1.54, 1.807) is 0 Å². The van der Waals surface area contributed by atoms with E-state index in [2.05, 4.69) is 28.8 Å². The Kier molecular flexibility index (Phi) is 2.12. The van der Waals surface area contributed by atoms with Crippen LogP contribution in [0.3, 0.4) is 0 Å². The second-order valence-corrected chi connectivity index (χ2v) is 4.94. The van der Waals surface area contributed by atoms with Crippen LogP contribution in [0.4, 0.5) is 0 Å². The smallest absolute Gasteiger partial charge is 0.180 e. The van der Waals surface area contributed by atoms with Crippen molar-refractivity contribution in [1.82, 2.24) is 4.57 Å². The highest BCUT2D eigenvalue weighted by Gasteiger charge is 2.28. The van der Waals surface area contributed by atoms with Crippen LogP contribution < -0.4 is 0 Å². The Hall–Kier alpha value is -2.35. The number of aryl methyl sites for hydroxylation is 1. The Morgan fingerprint density at radius 1 is 0.842 bits per heavy atom. The van der Waals surface area contributed by atoms with Crippen LogP contribution in [0, 0.1) is 0 Å². The summed E-state index contributed by atoms with van der Waals surface area (Å²) < 4.78 is 2.11. The molecule has 2 aromatic carbocycles. The summed E-state index contributed by atoms with van der Waals surface area (Å²) in [5.41, 5.74) is 4.29. The third-order valence-corrected chi connectivity index (χ3v) is 3.86. The molecule has 0 aliphatic heterocycles. The van der Waals surface area contributed by atoms with Crippen molar-refractivity contribution >= 4 is 16.7 Å². The number of ketones is 1. The average molecular weight is 247 g/mol. The Balaban J connectivity index is 2.15. The van der Waals surface area contributed by atoms with E-state index < -0.39 is 0 Å². The molecule has 1 aliphatic carbocycles. The monoisotopic (exact) mass is 247 g/mol. The number of aromatic nitrogens is 1. The first kappa shape index (κ1) is 10.6. The van der Waals surface area contributed by atoms with Gasteiger partial charge in [0.25, 0.3) is 0 Å². The van der Waals surface area contributed by atoms with Crippen LogP contribution in [0.15, 0.2) is 54.6 Å². The summed E-state index contributed by atoms with van der Waals surface area (Å²) in [6, 6.07) is 18.4. The van der Waals surface area contributed by atoms with Gasteiger partial charge in [0.1, 0.15) is 0 Å². The maximum atomic E-state index is 12.2. The Morgan fingerprint density at radius 3 is 2.42 bits per heavy atom. The van der Waals surface area contributed by atoms with Crippen LogP contribution in [-0.2, 0) is 6.42 Å². The van der Waals surface area contributed by atoms with Gasteiger partial charge in [-0.3, -0.25) is 4.79 Å². The molecular formula is C17H13NO. The molecule has 92 valence electrons. The first-order valence-electron chi connectivity index (χ1n) is 6.57. The zero-order valence-electron chi connectivity index (χ0n) is 10.5. The van der Waals surface area contributed by atoms with Crippen molar-refractivity contribution in [3.63, 3.8) is 0 Å². The molecule has 0 amide bonds. The van der Waals surface area contributed by atoms with E-state index in [1.165, 1.54) is 10.9 Å². The van der Waals surface area contributed by atoms with E-state index in [0.717, 1.165) is 23.3 Å². The molecule has 1 heterocycles. The summed E-state index contributed by atoms with van der Waals surface area (Å²) in [5.74, 6) is 0.259. The molecule has 0 saturated heterocycles. The lowest BCUT2D eigenvalue weighted by Crippen LogP contribution is -2.03. The van der Waals surface area contributed by atoms with Crippen LogP contribution >= 0.6 is 0 Å². The van der Waals surface area contributed by atoms with Crippen LogP contribution in [0.1, 0.15) is 22.5 Å². The summed E-state index contributed by atoms with van der Waals surface area (Å²) in [7, 11) is 0. The van der Waals surface area contributed by atoms with Crippen molar-refractivity contribution in [1.29, 1.82) is 0 Å². The first-order valence-corrected chi connectivity index (χ1v) is 6.57. The zero-order valence-corrected chi connectivity index (χ0v) is 10.5. The number of fused-ring (bicyclic) bond motifs is 3. The van der Waals surface area contributed by atoms with E-state index in [-0.39, 0.29) is 5.78 Å². The fourth-order valence-corrected chi connectivity index (χ4v) is 3.06. The molecule has 4 rings (SSSR count). The van der Waals surface area contributed by atoms with Gasteiger partial charge in [0.05, 0.1) is 11.2 Å². The number of carbonyl (C=O) groups excluding carboxylic acids is 1. The molecule has 19 heavy (non-hydrogen) atoms. The number of nitrogens with zero attached hydrogens (tertiary/aromatic N) is 1. The maximum absolute atomic E-state index is 12.2. The molecule has 0 bridgehead atoms. The molecule has 2 nitrogen and oxygen atoms in total. The molecule has 3 aromatic rings. The van der Waals surface area contributed by atoms with Gasteiger partial charge in [-0.2, -0.15) is 0 Å². The molecule has 1 aliphatic rings. The molecule has 0 atom stereocenters. The van der Waals surface area contributed by atoms with E-state index in [0.29, 0.717) is 6.42 Å². The van der Waals surface area contributed by atoms with Crippen LogP contribution in [-0.4, -0.2) is 10.4 Å². The number of para-hydroxylation sites is 2. The summed E-state index contributed by atoms with van der Waals surface area (Å²) in [5, 5.41) is 1.22. The number of Topliss-reactive ketones (excluding diaryl/α,β-unsaturated/α-hetero) is 1. The molecule has 0 saturated carbocycles. The highest BCUT2D eigenvalue weighted by molar-refractivity contribution is 6.07. The van der Waals surface area contributed by atoms with Crippen molar-refractivity contribution < 1.29 is 4.79 Å². The predicted octanol–water partition coefficient (Wildman–Crippen LogP) is 3.76. The number of carbonyl (C=O) groups is 1. The van der Waals surface area contributed by atoms with E-state index in [9.17, 15) is 4.79 Å². The number of hydrogen-bond acceptors (Lipinski definition) is 1. The lowest BCUT2D eigenvalue weighted by atomic mass is 10.1. The third-order valence-electron chi connectivity index (χ3n) is 3.86. The second kappa shape index (κ2) is 3.82. The topological polar surface area (TPSA) is 22.0 Å². The van der Waals surface area contributed by atoms with Gasteiger partial charge < -0.3 is 4.57 Å². The lowest BCUT2D eigenvalue weighted by molar-refractivity contribution is 0.0989. The summed E-state index contributed by atoms with van der Waals surface area (Å²) in [4.78, 5) is 12.2. The van der Waals surface area contributed by atoms with Gasteiger partial charge in [0.15, 0.2) is 5.78 Å². The maximum Gasteiger partial charge on any atom is 0.180 e. The SMILES string of the molecule is O=C1CCc2c1n(-c1ccccc1)c1ccccc21. The molecule has 0 N–H and O–H groups in total. The lowest BCUT2D eigenvalue weighted by Gasteiger charge is -2.08. The predicted molar refractivity (Wildman–Crippen MR) is 75.9 cm³/mol. The van der Waals surface area contributed by atoms with Crippen molar-refractivity contribution in [2.24, 2.45) is 0 Å². The van der Waals surface area contributed by atoms with Crippen molar-refractivity contribution in [3.8, 4) is 5.69 Å². The van der Waals surface area contributed by atoms with E-state index >= 15 is 0 Å². The van der Waals surface area contributed by atoms with Crippen LogP contribution in [0.2, 0.25) is 0 Å². The molecule has 0 spiro atoms. The average Bonchev–Trinajstić information content (AvgIpc) is 2.99. The van der Waals surface area contributed by atoms with Crippen molar-refractivity contribution in [2.75, 3.05) is 0 Å². The van der Waals surface area contributed by atoms with Crippen LogP contribution in [0.25, 0.3) is 16.6 Å². The minimum Gasteiger partial charge on any atom is -0.306 e. The largest absolute Gasteiger partial charge is 0.306 e. The highest BCUT2D eigenvalue weighted by atomic mass is 16.1.